The van der Waals surface area contributed by atoms with Gasteiger partial charge in [-0.3, -0.25) is 0 Å². The molecule has 6 aromatic carbocycles. The maximum atomic E-state index is 5.26. The second-order valence-corrected chi connectivity index (χ2v) is 12.1. The first-order valence-electron chi connectivity index (χ1n) is 14.9. The maximum Gasteiger partial charge on any atom is 0.165 e. The Hall–Kier alpha value is -5.78. The fourth-order valence-corrected chi connectivity index (χ4v) is 7.46. The molecule has 0 aliphatic heterocycles. The number of hydrogen-bond acceptors (Lipinski definition) is 5. The van der Waals surface area contributed by atoms with Crippen molar-refractivity contribution in [2.24, 2.45) is 0 Å². The number of para-hydroxylation sites is 1. The standard InChI is InChI=1S/C40H24N4S/c1-4-14-25(15-5-1)36-30-24-31(40-43-38(26-16-6-2-7-17-26)42-39(44-40)27-18-8-3-9-19-27)37-35(29-21-11-13-23-33(29)45-37)34(30)28-20-10-12-22-32(28)41-36/h1-24H. The number of hydrogen-bond donors (Lipinski definition) is 0. The van der Waals surface area contributed by atoms with Gasteiger partial charge in [0.1, 0.15) is 0 Å². The Morgan fingerprint density at radius 1 is 0.400 bits per heavy atom. The summed E-state index contributed by atoms with van der Waals surface area (Å²) in [5.41, 5.74) is 5.87. The number of benzene rings is 6. The first-order valence-corrected chi connectivity index (χ1v) is 15.7. The molecule has 0 N–H and O–H groups in total. The lowest BCUT2D eigenvalue weighted by molar-refractivity contribution is 1.08. The molecule has 0 radical (unpaired) electrons. The normalized spacial score (nSPS) is 11.6. The quantitative estimate of drug-likeness (QED) is 0.191. The van der Waals surface area contributed by atoms with Crippen LogP contribution in [-0.2, 0) is 0 Å². The molecular weight excluding hydrogens is 569 g/mol. The van der Waals surface area contributed by atoms with E-state index < -0.39 is 0 Å². The number of thiophene rings is 1. The fraction of sp³-hybridized carbons (Fsp3) is 0. The minimum Gasteiger partial charge on any atom is -0.247 e. The number of rotatable bonds is 4. The molecule has 210 valence electrons. The maximum absolute atomic E-state index is 5.26. The molecule has 4 nitrogen and oxygen atoms in total. The third-order valence-corrected chi connectivity index (χ3v) is 9.50. The van der Waals surface area contributed by atoms with Gasteiger partial charge in [0.05, 0.1) is 11.2 Å². The van der Waals surface area contributed by atoms with E-state index in [4.69, 9.17) is 19.9 Å². The molecule has 0 spiro atoms. The van der Waals surface area contributed by atoms with E-state index >= 15 is 0 Å². The van der Waals surface area contributed by atoms with Crippen LogP contribution in [0.2, 0.25) is 0 Å². The van der Waals surface area contributed by atoms with Gasteiger partial charge < -0.3 is 0 Å². The second-order valence-electron chi connectivity index (χ2n) is 11.0. The van der Waals surface area contributed by atoms with Crippen molar-refractivity contribution in [1.29, 1.82) is 0 Å². The van der Waals surface area contributed by atoms with Crippen LogP contribution in [0.5, 0.6) is 0 Å². The molecule has 3 aromatic heterocycles. The Bertz CT molecular complexity index is 2470. The average Bonchev–Trinajstić information content (AvgIpc) is 3.51. The Morgan fingerprint density at radius 3 is 1.60 bits per heavy atom. The van der Waals surface area contributed by atoms with E-state index in [1.54, 1.807) is 11.3 Å². The summed E-state index contributed by atoms with van der Waals surface area (Å²) in [7, 11) is 0. The Kier molecular flexibility index (Phi) is 5.96. The van der Waals surface area contributed by atoms with Crippen molar-refractivity contribution in [3.63, 3.8) is 0 Å². The summed E-state index contributed by atoms with van der Waals surface area (Å²) in [4.78, 5) is 20.5. The van der Waals surface area contributed by atoms with E-state index in [-0.39, 0.29) is 0 Å². The van der Waals surface area contributed by atoms with Gasteiger partial charge in [0, 0.05) is 58.6 Å². The molecule has 0 aliphatic rings. The molecule has 0 atom stereocenters. The van der Waals surface area contributed by atoms with Gasteiger partial charge >= 0.3 is 0 Å². The first kappa shape index (κ1) is 25.7. The van der Waals surface area contributed by atoms with Crippen molar-refractivity contribution in [2.75, 3.05) is 0 Å². The van der Waals surface area contributed by atoms with Crippen molar-refractivity contribution < 1.29 is 0 Å². The zero-order chi connectivity index (χ0) is 29.7. The fourth-order valence-electron chi connectivity index (χ4n) is 6.24. The third-order valence-electron chi connectivity index (χ3n) is 8.30. The number of nitrogens with zero attached hydrogens (tertiary/aromatic N) is 4. The molecule has 0 saturated carbocycles. The smallest absolute Gasteiger partial charge is 0.165 e. The lowest BCUT2D eigenvalue weighted by Gasteiger charge is -2.15. The molecule has 0 unspecified atom stereocenters. The lowest BCUT2D eigenvalue weighted by Crippen LogP contribution is -2.00. The summed E-state index contributed by atoms with van der Waals surface area (Å²) in [6.45, 7) is 0. The zero-order valence-corrected chi connectivity index (χ0v) is 24.9. The number of fused-ring (bicyclic) bond motifs is 7. The Morgan fingerprint density at radius 2 is 0.933 bits per heavy atom. The minimum atomic E-state index is 0.647. The van der Waals surface area contributed by atoms with Crippen molar-refractivity contribution in [2.45, 2.75) is 0 Å². The predicted octanol–water partition coefficient (Wildman–Crippen LogP) is 10.6. The third kappa shape index (κ3) is 4.28. The minimum absolute atomic E-state index is 0.647. The van der Waals surface area contributed by atoms with Gasteiger partial charge in [-0.1, -0.05) is 127 Å². The van der Waals surface area contributed by atoms with Crippen LogP contribution in [0.15, 0.2) is 146 Å². The van der Waals surface area contributed by atoms with E-state index in [0.29, 0.717) is 17.5 Å². The molecule has 0 aliphatic carbocycles. The van der Waals surface area contributed by atoms with E-state index in [0.717, 1.165) is 48.9 Å². The molecule has 9 rings (SSSR count). The topological polar surface area (TPSA) is 51.6 Å². The summed E-state index contributed by atoms with van der Waals surface area (Å²) in [5, 5.41) is 5.85. The molecular formula is C40H24N4S. The molecule has 0 saturated heterocycles. The summed E-state index contributed by atoms with van der Waals surface area (Å²) in [5.74, 6) is 1.94. The molecule has 0 amide bonds. The van der Waals surface area contributed by atoms with Gasteiger partial charge in [-0.15, -0.1) is 11.3 Å². The van der Waals surface area contributed by atoms with Gasteiger partial charge in [0.25, 0.3) is 0 Å². The van der Waals surface area contributed by atoms with Gasteiger partial charge in [-0.05, 0) is 18.2 Å². The largest absolute Gasteiger partial charge is 0.247 e. The van der Waals surface area contributed by atoms with Crippen LogP contribution in [0.4, 0.5) is 0 Å². The monoisotopic (exact) mass is 592 g/mol. The average molecular weight is 593 g/mol. The van der Waals surface area contributed by atoms with Gasteiger partial charge in [-0.2, -0.15) is 0 Å². The highest BCUT2D eigenvalue weighted by Crippen LogP contribution is 2.47. The van der Waals surface area contributed by atoms with E-state index in [9.17, 15) is 0 Å². The van der Waals surface area contributed by atoms with Crippen LogP contribution in [0.3, 0.4) is 0 Å². The summed E-state index contributed by atoms with van der Waals surface area (Å²) < 4.78 is 2.38. The zero-order valence-electron chi connectivity index (χ0n) is 24.1. The second kappa shape index (κ2) is 10.4. The Balaban J connectivity index is 1.46. The van der Waals surface area contributed by atoms with Crippen molar-refractivity contribution in [3.05, 3.63) is 146 Å². The van der Waals surface area contributed by atoms with Gasteiger partial charge in [0.15, 0.2) is 17.5 Å². The number of aromatic nitrogens is 4. The van der Waals surface area contributed by atoms with Crippen LogP contribution >= 0.6 is 11.3 Å². The lowest BCUT2D eigenvalue weighted by atomic mass is 9.94. The van der Waals surface area contributed by atoms with E-state index in [2.05, 4.69) is 78.9 Å². The molecule has 45 heavy (non-hydrogen) atoms. The van der Waals surface area contributed by atoms with Crippen LogP contribution in [0.1, 0.15) is 0 Å². The molecule has 5 heteroatoms. The first-order chi connectivity index (χ1) is 22.3. The van der Waals surface area contributed by atoms with Crippen LogP contribution < -0.4 is 0 Å². The van der Waals surface area contributed by atoms with E-state index in [1.165, 1.54) is 20.9 Å². The summed E-state index contributed by atoms with van der Waals surface area (Å²) in [6.07, 6.45) is 0. The van der Waals surface area contributed by atoms with Crippen LogP contribution in [-0.4, -0.2) is 19.9 Å². The number of pyridine rings is 1. The summed E-state index contributed by atoms with van der Waals surface area (Å²) >= 11 is 1.79. The molecule has 0 fully saturated rings. The Labute approximate surface area is 263 Å². The predicted molar refractivity (Wildman–Crippen MR) is 187 cm³/mol. The highest BCUT2D eigenvalue weighted by atomic mass is 32.1. The molecule has 0 bridgehead atoms. The van der Waals surface area contributed by atoms with Crippen molar-refractivity contribution in [1.82, 2.24) is 19.9 Å². The van der Waals surface area contributed by atoms with Crippen LogP contribution in [0.25, 0.3) is 87.3 Å². The van der Waals surface area contributed by atoms with Crippen molar-refractivity contribution in [3.8, 4) is 45.4 Å². The summed E-state index contributed by atoms with van der Waals surface area (Å²) in [6, 6.07) is 50.1. The SMILES string of the molecule is c1ccc(-c2nc(-c3ccccc3)nc(-c3cc4c(-c5ccccc5)nc5ccccc5c4c4c3sc3ccccc34)n2)cc1. The van der Waals surface area contributed by atoms with Gasteiger partial charge in [-0.25, -0.2) is 19.9 Å². The van der Waals surface area contributed by atoms with Gasteiger partial charge in [0.2, 0.25) is 0 Å². The highest BCUT2D eigenvalue weighted by molar-refractivity contribution is 7.26. The van der Waals surface area contributed by atoms with E-state index in [1.807, 2.05) is 66.7 Å². The molecule has 3 heterocycles. The highest BCUT2D eigenvalue weighted by Gasteiger charge is 2.22. The molecule has 9 aromatic rings. The van der Waals surface area contributed by atoms with Crippen molar-refractivity contribution >= 4 is 53.2 Å². The van der Waals surface area contributed by atoms with Crippen LogP contribution in [0, 0.1) is 0 Å².